The number of aromatic nitrogens is 3. The largest absolute Gasteiger partial charge is 0.338 e. The first-order chi connectivity index (χ1) is 15.3. The zero-order chi connectivity index (χ0) is 23.1. The number of carbonyl (C=O) groups is 2. The van der Waals surface area contributed by atoms with E-state index in [0.717, 1.165) is 17.3 Å². The molecule has 0 saturated heterocycles. The van der Waals surface area contributed by atoms with Crippen molar-refractivity contribution in [1.29, 1.82) is 0 Å². The number of urea groups is 1. The van der Waals surface area contributed by atoms with Crippen molar-refractivity contribution in [2.45, 2.75) is 37.7 Å². The minimum Gasteiger partial charge on any atom is -0.338 e. The van der Waals surface area contributed by atoms with Gasteiger partial charge in [0.1, 0.15) is 5.82 Å². The minimum atomic E-state index is -0.619. The van der Waals surface area contributed by atoms with Crippen LogP contribution < -0.4 is 10.6 Å². The molecular formula is C23H26FN5O2S. The van der Waals surface area contributed by atoms with E-state index in [1.54, 1.807) is 29.7 Å². The molecule has 32 heavy (non-hydrogen) atoms. The van der Waals surface area contributed by atoms with Gasteiger partial charge in [-0.1, -0.05) is 68.1 Å². The highest BCUT2D eigenvalue weighted by atomic mass is 32.2. The molecule has 0 aliphatic heterocycles. The first kappa shape index (κ1) is 23.5. The van der Waals surface area contributed by atoms with Gasteiger partial charge in [-0.25, -0.2) is 9.18 Å². The molecule has 0 aliphatic carbocycles. The topological polar surface area (TPSA) is 88.9 Å². The molecule has 1 unspecified atom stereocenters. The van der Waals surface area contributed by atoms with Crippen molar-refractivity contribution in [3.8, 4) is 11.4 Å². The van der Waals surface area contributed by atoms with Gasteiger partial charge in [0, 0.05) is 6.54 Å². The van der Waals surface area contributed by atoms with Crippen LogP contribution in [-0.2, 0) is 11.3 Å². The summed E-state index contributed by atoms with van der Waals surface area (Å²) in [6, 6.07) is 15.5. The third-order valence-corrected chi connectivity index (χ3v) is 5.65. The quantitative estimate of drug-likeness (QED) is 0.500. The van der Waals surface area contributed by atoms with Crippen LogP contribution in [0.25, 0.3) is 11.4 Å². The first-order valence-corrected chi connectivity index (χ1v) is 11.2. The third-order valence-electron chi connectivity index (χ3n) is 4.57. The summed E-state index contributed by atoms with van der Waals surface area (Å²) < 4.78 is 16.2. The highest BCUT2D eigenvalue weighted by molar-refractivity contribution is 8.00. The van der Waals surface area contributed by atoms with Crippen molar-refractivity contribution in [2.75, 3.05) is 6.54 Å². The number of carbonyl (C=O) groups excluding carboxylic acids is 2. The molecule has 3 rings (SSSR count). The SMILES string of the molecule is CC(C)CNC(=O)NC(=O)C(C)Sc1nnc(-c2ccccc2F)n1Cc1ccccc1. The first-order valence-electron chi connectivity index (χ1n) is 10.3. The second-order valence-corrected chi connectivity index (χ2v) is 9.02. The number of imide groups is 1. The number of halogens is 1. The number of thioether (sulfide) groups is 1. The van der Waals surface area contributed by atoms with Crippen LogP contribution >= 0.6 is 11.8 Å². The number of nitrogens with zero attached hydrogens (tertiary/aromatic N) is 3. The lowest BCUT2D eigenvalue weighted by atomic mass is 10.2. The number of hydrogen-bond donors (Lipinski definition) is 2. The number of hydrogen-bond acceptors (Lipinski definition) is 5. The fraction of sp³-hybridized carbons (Fsp3) is 0.304. The number of rotatable bonds is 8. The Labute approximate surface area is 190 Å². The van der Waals surface area contributed by atoms with E-state index in [0.29, 0.717) is 29.6 Å². The van der Waals surface area contributed by atoms with Gasteiger partial charge in [-0.05, 0) is 30.5 Å². The van der Waals surface area contributed by atoms with Crippen LogP contribution in [0, 0.1) is 11.7 Å². The molecule has 1 atom stereocenters. The van der Waals surface area contributed by atoms with Crippen molar-refractivity contribution in [2.24, 2.45) is 5.92 Å². The lowest BCUT2D eigenvalue weighted by Gasteiger charge is -2.14. The Hall–Kier alpha value is -3.20. The Kier molecular flexibility index (Phi) is 7.99. The molecular weight excluding hydrogens is 429 g/mol. The highest BCUT2D eigenvalue weighted by Crippen LogP contribution is 2.29. The van der Waals surface area contributed by atoms with E-state index in [9.17, 15) is 14.0 Å². The van der Waals surface area contributed by atoms with Crippen LogP contribution in [0.1, 0.15) is 26.3 Å². The molecule has 9 heteroatoms. The van der Waals surface area contributed by atoms with Crippen LogP contribution in [-0.4, -0.2) is 38.5 Å². The van der Waals surface area contributed by atoms with E-state index in [1.165, 1.54) is 6.07 Å². The smallest absolute Gasteiger partial charge is 0.321 e. The van der Waals surface area contributed by atoms with E-state index in [4.69, 9.17) is 0 Å². The zero-order valence-electron chi connectivity index (χ0n) is 18.2. The molecule has 1 heterocycles. The Morgan fingerprint density at radius 3 is 2.41 bits per heavy atom. The fourth-order valence-corrected chi connectivity index (χ4v) is 3.74. The Morgan fingerprint density at radius 2 is 1.72 bits per heavy atom. The summed E-state index contributed by atoms with van der Waals surface area (Å²) in [5, 5.41) is 13.3. The highest BCUT2D eigenvalue weighted by Gasteiger charge is 2.23. The molecule has 7 nitrogen and oxygen atoms in total. The number of amides is 3. The number of nitrogens with one attached hydrogen (secondary N) is 2. The van der Waals surface area contributed by atoms with Gasteiger partial charge in [-0.15, -0.1) is 10.2 Å². The van der Waals surface area contributed by atoms with Crippen LogP contribution in [0.4, 0.5) is 9.18 Å². The van der Waals surface area contributed by atoms with Gasteiger partial charge >= 0.3 is 6.03 Å². The van der Waals surface area contributed by atoms with E-state index in [2.05, 4.69) is 20.8 Å². The minimum absolute atomic E-state index is 0.274. The predicted octanol–water partition coefficient (Wildman–Crippen LogP) is 4.09. The molecule has 1 aromatic heterocycles. The van der Waals surface area contributed by atoms with Gasteiger partial charge in [0.25, 0.3) is 0 Å². The molecule has 0 spiro atoms. The van der Waals surface area contributed by atoms with Crippen molar-refractivity contribution in [3.05, 3.63) is 66.0 Å². The van der Waals surface area contributed by atoms with Crippen molar-refractivity contribution < 1.29 is 14.0 Å². The zero-order valence-corrected chi connectivity index (χ0v) is 19.0. The molecule has 0 aliphatic rings. The Bertz CT molecular complexity index is 1070. The van der Waals surface area contributed by atoms with E-state index in [-0.39, 0.29) is 5.92 Å². The maximum atomic E-state index is 14.5. The summed E-state index contributed by atoms with van der Waals surface area (Å²) in [6.45, 7) is 6.49. The van der Waals surface area contributed by atoms with Gasteiger partial charge < -0.3 is 5.32 Å². The molecule has 168 valence electrons. The van der Waals surface area contributed by atoms with Crippen LogP contribution in [0.15, 0.2) is 59.8 Å². The summed E-state index contributed by atoms with van der Waals surface area (Å²) in [4.78, 5) is 24.4. The normalized spacial score (nSPS) is 11.9. The van der Waals surface area contributed by atoms with Gasteiger partial charge in [0.2, 0.25) is 5.91 Å². The summed E-state index contributed by atoms with van der Waals surface area (Å²) in [5.41, 5.74) is 1.31. The lowest BCUT2D eigenvalue weighted by molar-refractivity contribution is -0.119. The Morgan fingerprint density at radius 1 is 1.03 bits per heavy atom. The second-order valence-electron chi connectivity index (χ2n) is 7.71. The maximum Gasteiger partial charge on any atom is 0.321 e. The average Bonchev–Trinajstić information content (AvgIpc) is 3.15. The number of benzene rings is 2. The predicted molar refractivity (Wildman–Crippen MR) is 123 cm³/mol. The van der Waals surface area contributed by atoms with E-state index >= 15 is 0 Å². The lowest BCUT2D eigenvalue weighted by Crippen LogP contribution is -2.43. The molecule has 3 amide bonds. The fourth-order valence-electron chi connectivity index (χ4n) is 2.89. The van der Waals surface area contributed by atoms with Crippen molar-refractivity contribution in [3.63, 3.8) is 0 Å². The summed E-state index contributed by atoms with van der Waals surface area (Å²) in [5.74, 6) is -0.205. The van der Waals surface area contributed by atoms with E-state index in [1.807, 2.05) is 44.2 Å². The van der Waals surface area contributed by atoms with Crippen molar-refractivity contribution in [1.82, 2.24) is 25.4 Å². The Balaban J connectivity index is 1.82. The molecule has 0 saturated carbocycles. The van der Waals surface area contributed by atoms with Gasteiger partial charge in [-0.2, -0.15) is 0 Å². The summed E-state index contributed by atoms with van der Waals surface area (Å²) >= 11 is 1.16. The summed E-state index contributed by atoms with van der Waals surface area (Å²) in [7, 11) is 0. The van der Waals surface area contributed by atoms with Crippen LogP contribution in [0.3, 0.4) is 0 Å². The van der Waals surface area contributed by atoms with Crippen molar-refractivity contribution >= 4 is 23.7 Å². The van der Waals surface area contributed by atoms with Gasteiger partial charge in [0.05, 0.1) is 17.4 Å². The van der Waals surface area contributed by atoms with Gasteiger partial charge in [-0.3, -0.25) is 14.7 Å². The molecule has 0 radical (unpaired) electrons. The standard InChI is InChI=1S/C23H26FN5O2S/c1-15(2)13-25-22(31)26-21(30)16(3)32-23-28-27-20(18-11-7-8-12-19(18)24)29(23)14-17-9-5-4-6-10-17/h4-12,15-16H,13-14H2,1-3H3,(H2,25,26,30,31). The molecule has 2 N–H and O–H groups in total. The van der Waals surface area contributed by atoms with E-state index < -0.39 is 23.0 Å². The molecule has 0 bridgehead atoms. The molecule has 3 aromatic rings. The monoisotopic (exact) mass is 455 g/mol. The van der Waals surface area contributed by atoms with Gasteiger partial charge in [0.15, 0.2) is 11.0 Å². The second kappa shape index (κ2) is 10.9. The van der Waals surface area contributed by atoms with Crippen LogP contribution in [0.2, 0.25) is 0 Å². The third kappa shape index (κ3) is 6.16. The molecule has 2 aromatic carbocycles. The van der Waals surface area contributed by atoms with Crippen LogP contribution in [0.5, 0.6) is 0 Å². The average molecular weight is 456 g/mol. The summed E-state index contributed by atoms with van der Waals surface area (Å²) in [6.07, 6.45) is 0. The maximum absolute atomic E-state index is 14.5. The molecule has 0 fully saturated rings.